The van der Waals surface area contributed by atoms with Crippen molar-refractivity contribution in [3.63, 3.8) is 0 Å². The number of aryl methyl sites for hydroxylation is 2. The molecule has 0 aliphatic carbocycles. The molecule has 0 saturated carbocycles. The maximum atomic E-state index is 14.6. The summed E-state index contributed by atoms with van der Waals surface area (Å²) in [6.07, 6.45) is 1.42. The summed E-state index contributed by atoms with van der Waals surface area (Å²) in [5, 5.41) is 2.86. The van der Waals surface area contributed by atoms with Gasteiger partial charge in [0.2, 0.25) is 5.91 Å². The van der Waals surface area contributed by atoms with Crippen LogP contribution in [0.3, 0.4) is 0 Å². The lowest BCUT2D eigenvalue weighted by Crippen LogP contribution is -2.39. The van der Waals surface area contributed by atoms with Gasteiger partial charge in [-0.25, -0.2) is 12.8 Å². The topological polar surface area (TPSA) is 66.5 Å². The number of rotatable bonds is 8. The van der Waals surface area contributed by atoms with Gasteiger partial charge in [-0.3, -0.25) is 9.10 Å². The molecule has 1 amide bonds. The van der Waals surface area contributed by atoms with Gasteiger partial charge in [-0.05, 0) is 48.2 Å². The standard InChI is InChI=1S/C24H25FN2O3S/c1-3-18-11-10-12-19(4-2)24(18)26-23(28)17-27(22-16-9-8-15-21(22)25)31(29,30)20-13-6-5-7-14-20/h5-16H,3-4,17H2,1-2H3,(H,26,28). The van der Waals surface area contributed by atoms with E-state index >= 15 is 0 Å². The van der Waals surface area contributed by atoms with Gasteiger partial charge in [0.05, 0.1) is 10.6 Å². The van der Waals surface area contributed by atoms with E-state index in [1.807, 2.05) is 32.0 Å². The molecule has 31 heavy (non-hydrogen) atoms. The molecule has 0 fully saturated rings. The first-order valence-corrected chi connectivity index (χ1v) is 11.5. The third-order valence-corrected chi connectivity index (χ3v) is 6.78. The normalized spacial score (nSPS) is 11.2. The number of benzene rings is 3. The molecule has 0 saturated heterocycles. The van der Waals surface area contributed by atoms with Crippen LogP contribution < -0.4 is 9.62 Å². The minimum absolute atomic E-state index is 0.0192. The fourth-order valence-corrected chi connectivity index (χ4v) is 4.84. The van der Waals surface area contributed by atoms with Crippen LogP contribution >= 0.6 is 0 Å². The summed E-state index contributed by atoms with van der Waals surface area (Å²) in [6, 6.07) is 19.0. The second-order valence-electron chi connectivity index (χ2n) is 6.98. The molecule has 0 unspecified atom stereocenters. The molecule has 0 radical (unpaired) electrons. The quantitative estimate of drug-likeness (QED) is 0.548. The lowest BCUT2D eigenvalue weighted by molar-refractivity contribution is -0.114. The summed E-state index contributed by atoms with van der Waals surface area (Å²) >= 11 is 0. The van der Waals surface area contributed by atoms with Crippen molar-refractivity contribution in [1.29, 1.82) is 0 Å². The Hall–Kier alpha value is -3.19. The molecule has 162 valence electrons. The van der Waals surface area contributed by atoms with Gasteiger partial charge in [-0.2, -0.15) is 0 Å². The molecule has 0 aliphatic rings. The Labute approximate surface area is 182 Å². The van der Waals surface area contributed by atoms with Crippen molar-refractivity contribution < 1.29 is 17.6 Å². The maximum absolute atomic E-state index is 14.6. The Balaban J connectivity index is 1.99. The zero-order chi connectivity index (χ0) is 22.4. The van der Waals surface area contributed by atoms with Crippen molar-refractivity contribution >= 4 is 27.3 Å². The number of carbonyl (C=O) groups is 1. The molecular formula is C24H25FN2O3S. The van der Waals surface area contributed by atoms with Crippen molar-refractivity contribution in [1.82, 2.24) is 0 Å². The first kappa shape index (κ1) is 22.5. The maximum Gasteiger partial charge on any atom is 0.264 e. The summed E-state index contributed by atoms with van der Waals surface area (Å²) in [5.41, 5.74) is 2.41. The number of anilines is 2. The molecule has 5 nitrogen and oxygen atoms in total. The average Bonchev–Trinajstić information content (AvgIpc) is 2.78. The van der Waals surface area contributed by atoms with E-state index in [1.54, 1.807) is 18.2 Å². The molecule has 0 bridgehead atoms. The largest absolute Gasteiger partial charge is 0.324 e. The van der Waals surface area contributed by atoms with Gasteiger partial charge in [-0.1, -0.05) is 62.4 Å². The second kappa shape index (κ2) is 9.75. The molecule has 0 aliphatic heterocycles. The molecule has 1 N–H and O–H groups in total. The molecule has 3 rings (SSSR count). The van der Waals surface area contributed by atoms with Crippen LogP contribution in [0.4, 0.5) is 15.8 Å². The monoisotopic (exact) mass is 440 g/mol. The predicted molar refractivity (Wildman–Crippen MR) is 121 cm³/mol. The fraction of sp³-hybridized carbons (Fsp3) is 0.208. The number of amides is 1. The van der Waals surface area contributed by atoms with Gasteiger partial charge in [-0.15, -0.1) is 0 Å². The van der Waals surface area contributed by atoms with Gasteiger partial charge in [0, 0.05) is 5.69 Å². The van der Waals surface area contributed by atoms with E-state index in [-0.39, 0.29) is 10.6 Å². The molecular weight excluding hydrogens is 415 g/mol. The van der Waals surface area contributed by atoms with Gasteiger partial charge in [0.1, 0.15) is 12.4 Å². The number of nitrogens with one attached hydrogen (secondary N) is 1. The average molecular weight is 441 g/mol. The van der Waals surface area contributed by atoms with E-state index in [2.05, 4.69) is 5.32 Å². The molecule has 3 aromatic carbocycles. The summed E-state index contributed by atoms with van der Waals surface area (Å²) in [6.45, 7) is 3.41. The fourth-order valence-electron chi connectivity index (χ4n) is 3.39. The summed E-state index contributed by atoms with van der Waals surface area (Å²) < 4.78 is 42.0. The smallest absolute Gasteiger partial charge is 0.264 e. The summed E-state index contributed by atoms with van der Waals surface area (Å²) in [7, 11) is -4.16. The van der Waals surface area contributed by atoms with Gasteiger partial charge >= 0.3 is 0 Å². The second-order valence-corrected chi connectivity index (χ2v) is 8.84. The summed E-state index contributed by atoms with van der Waals surface area (Å²) in [5.74, 6) is -1.27. The van der Waals surface area contributed by atoms with Crippen molar-refractivity contribution in [2.75, 3.05) is 16.2 Å². The molecule has 3 aromatic rings. The number of hydrogen-bond donors (Lipinski definition) is 1. The van der Waals surface area contributed by atoms with Crippen LogP contribution in [0.1, 0.15) is 25.0 Å². The highest BCUT2D eigenvalue weighted by Crippen LogP contribution is 2.27. The highest BCUT2D eigenvalue weighted by molar-refractivity contribution is 7.92. The zero-order valence-electron chi connectivity index (χ0n) is 17.5. The van der Waals surface area contributed by atoms with Crippen molar-refractivity contribution in [3.05, 3.63) is 89.7 Å². The van der Waals surface area contributed by atoms with E-state index in [1.165, 1.54) is 36.4 Å². The van der Waals surface area contributed by atoms with Crippen LogP contribution in [-0.2, 0) is 27.7 Å². The Morgan fingerprint density at radius 2 is 1.45 bits per heavy atom. The van der Waals surface area contributed by atoms with Crippen molar-refractivity contribution in [2.24, 2.45) is 0 Å². The Bertz CT molecular complexity index is 1140. The highest BCUT2D eigenvalue weighted by atomic mass is 32.2. The minimum atomic E-state index is -4.16. The van der Waals surface area contributed by atoms with Crippen molar-refractivity contribution in [2.45, 2.75) is 31.6 Å². The van der Waals surface area contributed by atoms with E-state index in [0.29, 0.717) is 18.5 Å². The third kappa shape index (κ3) is 4.94. The number of halogens is 1. The zero-order valence-corrected chi connectivity index (χ0v) is 18.3. The molecule has 0 heterocycles. The van der Waals surface area contributed by atoms with Crippen LogP contribution in [0.15, 0.2) is 77.7 Å². The lowest BCUT2D eigenvalue weighted by atomic mass is 10.0. The van der Waals surface area contributed by atoms with Gasteiger partial charge in [0.15, 0.2) is 0 Å². The van der Waals surface area contributed by atoms with E-state index in [0.717, 1.165) is 15.4 Å². The van der Waals surface area contributed by atoms with E-state index in [4.69, 9.17) is 0 Å². The van der Waals surface area contributed by atoms with Crippen LogP contribution in [0, 0.1) is 5.82 Å². The van der Waals surface area contributed by atoms with Gasteiger partial charge in [0.25, 0.3) is 10.0 Å². The first-order chi connectivity index (χ1) is 14.9. The number of carbonyl (C=O) groups excluding carboxylic acids is 1. The van der Waals surface area contributed by atoms with E-state index in [9.17, 15) is 17.6 Å². The Morgan fingerprint density at radius 1 is 0.871 bits per heavy atom. The number of para-hydroxylation sites is 2. The molecule has 0 aromatic heterocycles. The molecule has 0 atom stereocenters. The van der Waals surface area contributed by atoms with Crippen LogP contribution in [-0.4, -0.2) is 20.9 Å². The van der Waals surface area contributed by atoms with Gasteiger partial charge < -0.3 is 5.32 Å². The first-order valence-electron chi connectivity index (χ1n) is 10.1. The number of sulfonamides is 1. The molecule has 0 spiro atoms. The minimum Gasteiger partial charge on any atom is -0.324 e. The van der Waals surface area contributed by atoms with Crippen molar-refractivity contribution in [3.8, 4) is 0 Å². The lowest BCUT2D eigenvalue weighted by Gasteiger charge is -2.25. The summed E-state index contributed by atoms with van der Waals surface area (Å²) in [4.78, 5) is 13.0. The number of nitrogens with zero attached hydrogens (tertiary/aromatic N) is 1. The molecule has 7 heteroatoms. The Kier molecular flexibility index (Phi) is 7.07. The third-order valence-electron chi connectivity index (χ3n) is 5.00. The predicted octanol–water partition coefficient (Wildman–Crippen LogP) is 4.78. The Morgan fingerprint density at radius 3 is 2.03 bits per heavy atom. The van der Waals surface area contributed by atoms with Crippen LogP contribution in [0.5, 0.6) is 0 Å². The number of hydrogen-bond acceptors (Lipinski definition) is 3. The van der Waals surface area contributed by atoms with Crippen LogP contribution in [0.2, 0.25) is 0 Å². The SMILES string of the molecule is CCc1cccc(CC)c1NC(=O)CN(c1ccccc1F)S(=O)(=O)c1ccccc1. The van der Waals surface area contributed by atoms with Crippen LogP contribution in [0.25, 0.3) is 0 Å². The van der Waals surface area contributed by atoms with E-state index < -0.39 is 28.3 Å². The highest BCUT2D eigenvalue weighted by Gasteiger charge is 2.29.